The Kier molecular flexibility index (Phi) is 6.71. The average molecular weight is 469 g/mol. The number of esters is 1. The van der Waals surface area contributed by atoms with Crippen molar-refractivity contribution in [1.82, 2.24) is 9.29 Å². The summed E-state index contributed by atoms with van der Waals surface area (Å²) >= 11 is 0. The third-order valence-corrected chi connectivity index (χ3v) is 7.45. The van der Waals surface area contributed by atoms with E-state index in [9.17, 15) is 18.0 Å². The zero-order valence-electron chi connectivity index (χ0n) is 18.1. The number of benzene rings is 2. The van der Waals surface area contributed by atoms with Crippen LogP contribution in [0.1, 0.15) is 42.2 Å². The second kappa shape index (κ2) is 9.68. The van der Waals surface area contributed by atoms with E-state index in [0.717, 1.165) is 12.0 Å². The molecule has 1 saturated heterocycles. The van der Waals surface area contributed by atoms with Gasteiger partial charge in [-0.1, -0.05) is 30.3 Å². The second-order valence-corrected chi connectivity index (χ2v) is 9.72. The quantitative estimate of drug-likeness (QED) is 0.383. The van der Waals surface area contributed by atoms with Crippen LogP contribution in [0.15, 0.2) is 70.2 Å². The van der Waals surface area contributed by atoms with Crippen molar-refractivity contribution in [2.45, 2.75) is 43.7 Å². The van der Waals surface area contributed by atoms with Crippen molar-refractivity contribution in [2.24, 2.45) is 0 Å². The van der Waals surface area contributed by atoms with E-state index in [4.69, 9.17) is 9.15 Å². The van der Waals surface area contributed by atoms with Crippen LogP contribution in [0.2, 0.25) is 0 Å². The Morgan fingerprint density at radius 2 is 1.82 bits per heavy atom. The Bertz CT molecular complexity index is 1240. The minimum Gasteiger partial charge on any atom is -0.458 e. The fourth-order valence-electron chi connectivity index (χ4n) is 3.75. The number of ether oxygens (including phenoxy) is 1. The van der Waals surface area contributed by atoms with E-state index < -0.39 is 22.0 Å². The molecule has 9 heteroatoms. The molecular weight excluding hydrogens is 444 g/mol. The Labute approximate surface area is 192 Å². The fourth-order valence-corrected chi connectivity index (χ4v) is 5.40. The van der Waals surface area contributed by atoms with E-state index in [2.05, 4.69) is 4.98 Å². The first-order valence-corrected chi connectivity index (χ1v) is 12.1. The maximum Gasteiger partial charge on any atom is 0.324 e. The molecule has 1 aromatic heterocycles. The van der Waals surface area contributed by atoms with Crippen molar-refractivity contribution in [3.05, 3.63) is 72.1 Å². The molecule has 1 fully saturated rings. The molecule has 1 aliphatic heterocycles. The molecule has 0 saturated carbocycles. The van der Waals surface area contributed by atoms with Crippen LogP contribution in [0.5, 0.6) is 0 Å². The highest BCUT2D eigenvalue weighted by atomic mass is 32.2. The predicted octanol–water partition coefficient (Wildman–Crippen LogP) is 3.83. The van der Waals surface area contributed by atoms with Crippen LogP contribution in [0.3, 0.4) is 0 Å². The van der Waals surface area contributed by atoms with Gasteiger partial charge in [0.15, 0.2) is 5.78 Å². The van der Waals surface area contributed by atoms with E-state index in [1.807, 2.05) is 30.3 Å². The van der Waals surface area contributed by atoms with Crippen molar-refractivity contribution < 1.29 is 27.2 Å². The van der Waals surface area contributed by atoms with Gasteiger partial charge in [-0.3, -0.25) is 9.59 Å². The third-order valence-electron chi connectivity index (χ3n) is 5.53. The molecule has 0 bridgehead atoms. The summed E-state index contributed by atoms with van der Waals surface area (Å²) in [6, 6.07) is 14.1. The van der Waals surface area contributed by atoms with Gasteiger partial charge >= 0.3 is 5.97 Å². The maximum atomic E-state index is 13.2. The molecular formula is C24H24N2O6S. The van der Waals surface area contributed by atoms with Crippen molar-refractivity contribution in [2.75, 3.05) is 6.54 Å². The lowest BCUT2D eigenvalue weighted by molar-refractivity contribution is -0.150. The van der Waals surface area contributed by atoms with Crippen LogP contribution in [0.4, 0.5) is 0 Å². The molecule has 4 rings (SSSR count). The number of hydrogen-bond acceptors (Lipinski definition) is 7. The molecule has 0 radical (unpaired) electrons. The van der Waals surface area contributed by atoms with Crippen LogP contribution in [0, 0.1) is 0 Å². The summed E-state index contributed by atoms with van der Waals surface area (Å²) in [7, 11) is -3.93. The molecule has 1 aliphatic rings. The number of aromatic nitrogens is 1. The van der Waals surface area contributed by atoms with Crippen LogP contribution in [-0.2, 0) is 26.2 Å². The fraction of sp³-hybridized carbons (Fsp3) is 0.292. The number of nitrogens with zero attached hydrogens (tertiary/aromatic N) is 2. The normalized spacial score (nSPS) is 16.9. The lowest BCUT2D eigenvalue weighted by atomic mass is 10.1. The Balaban J connectivity index is 1.46. The summed E-state index contributed by atoms with van der Waals surface area (Å²) in [5, 5.41) is 0. The van der Waals surface area contributed by atoms with Crippen molar-refractivity contribution in [3.8, 4) is 11.5 Å². The highest BCUT2D eigenvalue weighted by Gasteiger charge is 2.38. The first kappa shape index (κ1) is 22.9. The number of carbonyl (C=O) groups is 2. The highest BCUT2D eigenvalue weighted by Crippen LogP contribution is 2.27. The van der Waals surface area contributed by atoms with E-state index >= 15 is 0 Å². The highest BCUT2D eigenvalue weighted by molar-refractivity contribution is 7.89. The summed E-state index contributed by atoms with van der Waals surface area (Å²) in [6.45, 7) is 1.52. The summed E-state index contributed by atoms with van der Waals surface area (Å²) in [4.78, 5) is 28.7. The van der Waals surface area contributed by atoms with Gasteiger partial charge in [-0.2, -0.15) is 4.31 Å². The number of ketones is 1. The van der Waals surface area contributed by atoms with Crippen molar-refractivity contribution >= 4 is 21.8 Å². The summed E-state index contributed by atoms with van der Waals surface area (Å²) < 4.78 is 38.5. The Morgan fingerprint density at radius 3 is 2.52 bits per heavy atom. The van der Waals surface area contributed by atoms with Crippen molar-refractivity contribution in [3.63, 3.8) is 0 Å². The summed E-state index contributed by atoms with van der Waals surface area (Å²) in [5.41, 5.74) is 1.66. The lowest BCUT2D eigenvalue weighted by Crippen LogP contribution is -2.48. The average Bonchev–Trinajstić information content (AvgIpc) is 3.32. The Hall–Kier alpha value is -3.30. The van der Waals surface area contributed by atoms with Gasteiger partial charge in [-0.05, 0) is 50.5 Å². The van der Waals surface area contributed by atoms with Gasteiger partial charge in [-0.25, -0.2) is 13.4 Å². The van der Waals surface area contributed by atoms with E-state index in [1.165, 1.54) is 41.8 Å². The first-order chi connectivity index (χ1) is 15.9. The molecule has 33 heavy (non-hydrogen) atoms. The third kappa shape index (κ3) is 5.04. The number of carbonyl (C=O) groups excluding carboxylic acids is 2. The van der Waals surface area contributed by atoms with Gasteiger partial charge < -0.3 is 9.15 Å². The standard InChI is InChI=1S/C24H24N2O6S/c1-17(27)18-10-12-21(13-11-18)33(29,30)26-14-6-5-9-22(26)24(28)32-16-20-15-31-23(25-20)19-7-3-2-4-8-19/h2-4,7-8,10-13,15,22H,5-6,9,14,16H2,1H3. The Morgan fingerprint density at radius 1 is 1.09 bits per heavy atom. The number of sulfonamides is 1. The number of oxazole rings is 1. The zero-order valence-corrected chi connectivity index (χ0v) is 19.0. The molecule has 0 aliphatic carbocycles. The molecule has 0 spiro atoms. The molecule has 0 amide bonds. The molecule has 2 aromatic carbocycles. The molecule has 8 nitrogen and oxygen atoms in total. The molecule has 172 valence electrons. The second-order valence-electron chi connectivity index (χ2n) is 7.83. The maximum absolute atomic E-state index is 13.2. The molecule has 1 atom stereocenters. The SMILES string of the molecule is CC(=O)c1ccc(S(=O)(=O)N2CCCCC2C(=O)OCc2coc(-c3ccccc3)n2)cc1. The topological polar surface area (TPSA) is 107 Å². The summed E-state index contributed by atoms with van der Waals surface area (Å²) in [6.07, 6.45) is 3.16. The van der Waals surface area contributed by atoms with Gasteiger partial charge in [0.05, 0.1) is 4.90 Å². The number of Topliss-reactive ketones (excluding diaryl/α,β-unsaturated/α-hetero) is 1. The van der Waals surface area contributed by atoms with Gasteiger partial charge in [-0.15, -0.1) is 0 Å². The van der Waals surface area contributed by atoms with Gasteiger partial charge in [0, 0.05) is 17.7 Å². The number of piperidine rings is 1. The van der Waals surface area contributed by atoms with Crippen LogP contribution in [0.25, 0.3) is 11.5 Å². The van der Waals surface area contributed by atoms with E-state index in [1.54, 1.807) is 0 Å². The lowest BCUT2D eigenvalue weighted by Gasteiger charge is -2.33. The zero-order chi connectivity index (χ0) is 23.4. The van der Waals surface area contributed by atoms with Crippen LogP contribution >= 0.6 is 0 Å². The minimum atomic E-state index is -3.93. The number of hydrogen-bond donors (Lipinski definition) is 0. The van der Waals surface area contributed by atoms with Crippen molar-refractivity contribution in [1.29, 1.82) is 0 Å². The van der Waals surface area contributed by atoms with Gasteiger partial charge in [0.1, 0.15) is 24.6 Å². The monoisotopic (exact) mass is 468 g/mol. The largest absolute Gasteiger partial charge is 0.458 e. The molecule has 2 heterocycles. The van der Waals surface area contributed by atoms with Gasteiger partial charge in [0.2, 0.25) is 15.9 Å². The number of rotatable bonds is 7. The molecule has 1 unspecified atom stereocenters. The minimum absolute atomic E-state index is 0.0382. The smallest absolute Gasteiger partial charge is 0.324 e. The summed E-state index contributed by atoms with van der Waals surface area (Å²) in [5.74, 6) is -0.359. The van der Waals surface area contributed by atoms with E-state index in [0.29, 0.717) is 30.0 Å². The van der Waals surface area contributed by atoms with Crippen LogP contribution in [-0.4, -0.2) is 42.0 Å². The molecule has 3 aromatic rings. The first-order valence-electron chi connectivity index (χ1n) is 10.7. The predicted molar refractivity (Wildman–Crippen MR) is 120 cm³/mol. The van der Waals surface area contributed by atoms with Gasteiger partial charge in [0.25, 0.3) is 0 Å². The molecule has 0 N–H and O–H groups in total. The van der Waals surface area contributed by atoms with E-state index in [-0.39, 0.29) is 23.8 Å². The van der Waals surface area contributed by atoms with Crippen LogP contribution < -0.4 is 0 Å².